The maximum absolute atomic E-state index is 11.7. The van der Waals surface area contributed by atoms with Crippen LogP contribution in [0, 0.1) is 5.92 Å². The van der Waals surface area contributed by atoms with Crippen molar-refractivity contribution in [1.82, 2.24) is 10.6 Å². The summed E-state index contributed by atoms with van der Waals surface area (Å²) in [7, 11) is 0. The standard InChI is InChI=1S/C12H20N2O3/c1-8-3-2-6-12(7-8,10(15)16)14-11(17)13-9-4-5-9/h8-9H,2-7H2,1H3,(H,15,16)(H2,13,14,17). The van der Waals surface area contributed by atoms with E-state index in [1.807, 2.05) is 6.92 Å². The molecule has 0 saturated heterocycles. The number of aliphatic carboxylic acids is 1. The van der Waals surface area contributed by atoms with Gasteiger partial charge in [0, 0.05) is 6.04 Å². The predicted molar refractivity (Wildman–Crippen MR) is 62.7 cm³/mol. The molecule has 0 aromatic carbocycles. The number of urea groups is 1. The lowest BCUT2D eigenvalue weighted by atomic mass is 9.76. The molecule has 0 spiro atoms. The van der Waals surface area contributed by atoms with Crippen LogP contribution in [0.2, 0.25) is 0 Å². The summed E-state index contributed by atoms with van der Waals surface area (Å²) in [5, 5.41) is 14.8. The topological polar surface area (TPSA) is 78.4 Å². The highest BCUT2D eigenvalue weighted by atomic mass is 16.4. The van der Waals surface area contributed by atoms with E-state index in [-0.39, 0.29) is 12.1 Å². The monoisotopic (exact) mass is 240 g/mol. The van der Waals surface area contributed by atoms with Gasteiger partial charge in [0.05, 0.1) is 0 Å². The van der Waals surface area contributed by atoms with Gasteiger partial charge in [0.1, 0.15) is 5.54 Å². The molecule has 2 rings (SSSR count). The first-order chi connectivity index (χ1) is 8.02. The minimum Gasteiger partial charge on any atom is -0.480 e. The molecule has 2 amide bonds. The Morgan fingerprint density at radius 2 is 2.00 bits per heavy atom. The van der Waals surface area contributed by atoms with Crippen LogP contribution in [0.25, 0.3) is 0 Å². The first-order valence-electron chi connectivity index (χ1n) is 6.34. The third kappa shape index (κ3) is 2.90. The van der Waals surface area contributed by atoms with Crippen molar-refractivity contribution in [2.45, 2.75) is 57.0 Å². The van der Waals surface area contributed by atoms with Crippen LogP contribution in [0.15, 0.2) is 0 Å². The molecule has 96 valence electrons. The first-order valence-corrected chi connectivity index (χ1v) is 6.34. The smallest absolute Gasteiger partial charge is 0.329 e. The Balaban J connectivity index is 1.99. The molecule has 2 saturated carbocycles. The zero-order chi connectivity index (χ0) is 12.5. The van der Waals surface area contributed by atoms with Crippen molar-refractivity contribution < 1.29 is 14.7 Å². The Bertz CT molecular complexity index is 328. The minimum atomic E-state index is -1.06. The van der Waals surface area contributed by atoms with Gasteiger partial charge < -0.3 is 15.7 Å². The summed E-state index contributed by atoms with van der Waals surface area (Å²) in [6.45, 7) is 2.04. The molecule has 0 radical (unpaired) electrons. The summed E-state index contributed by atoms with van der Waals surface area (Å²) in [4.78, 5) is 23.1. The van der Waals surface area contributed by atoms with Gasteiger partial charge in [-0.15, -0.1) is 0 Å². The van der Waals surface area contributed by atoms with Crippen LogP contribution in [0.5, 0.6) is 0 Å². The number of carbonyl (C=O) groups excluding carboxylic acids is 1. The van der Waals surface area contributed by atoms with Crippen LogP contribution in [-0.4, -0.2) is 28.7 Å². The Morgan fingerprint density at radius 1 is 1.29 bits per heavy atom. The molecule has 0 heterocycles. The van der Waals surface area contributed by atoms with E-state index in [0.29, 0.717) is 18.8 Å². The van der Waals surface area contributed by atoms with Crippen LogP contribution >= 0.6 is 0 Å². The Kier molecular flexibility index (Phi) is 3.26. The van der Waals surface area contributed by atoms with Crippen LogP contribution < -0.4 is 10.6 Å². The maximum Gasteiger partial charge on any atom is 0.329 e. The van der Waals surface area contributed by atoms with Gasteiger partial charge >= 0.3 is 12.0 Å². The van der Waals surface area contributed by atoms with Gasteiger partial charge in [-0.25, -0.2) is 9.59 Å². The number of amides is 2. The normalized spacial score (nSPS) is 32.9. The van der Waals surface area contributed by atoms with E-state index in [9.17, 15) is 14.7 Å². The molecule has 0 aromatic rings. The van der Waals surface area contributed by atoms with Crippen LogP contribution in [0.4, 0.5) is 4.79 Å². The lowest BCUT2D eigenvalue weighted by Crippen LogP contribution is -2.59. The van der Waals surface area contributed by atoms with Crippen molar-refractivity contribution >= 4 is 12.0 Å². The fourth-order valence-electron chi connectivity index (χ4n) is 2.58. The lowest BCUT2D eigenvalue weighted by Gasteiger charge is -2.37. The summed E-state index contributed by atoms with van der Waals surface area (Å²) in [5.74, 6) is -0.559. The molecule has 2 aliphatic rings. The van der Waals surface area contributed by atoms with Crippen molar-refractivity contribution in [3.8, 4) is 0 Å². The number of rotatable bonds is 3. The van der Waals surface area contributed by atoms with Gasteiger partial charge in [0.25, 0.3) is 0 Å². The van der Waals surface area contributed by atoms with Gasteiger partial charge in [-0.1, -0.05) is 19.8 Å². The molecule has 0 bridgehead atoms. The average molecular weight is 240 g/mol. The van der Waals surface area contributed by atoms with Gasteiger partial charge in [-0.3, -0.25) is 0 Å². The number of hydrogen-bond donors (Lipinski definition) is 3. The molecule has 17 heavy (non-hydrogen) atoms. The van der Waals surface area contributed by atoms with E-state index >= 15 is 0 Å². The Labute approximate surface area is 101 Å². The summed E-state index contributed by atoms with van der Waals surface area (Å²) in [6.07, 6.45) is 4.97. The highest BCUT2D eigenvalue weighted by Gasteiger charge is 2.43. The van der Waals surface area contributed by atoms with Crippen molar-refractivity contribution in [1.29, 1.82) is 0 Å². The second-order valence-electron chi connectivity index (χ2n) is 5.46. The Morgan fingerprint density at radius 3 is 2.53 bits per heavy atom. The number of carboxylic acids is 1. The molecule has 2 aliphatic carbocycles. The molecule has 2 atom stereocenters. The van der Waals surface area contributed by atoms with E-state index < -0.39 is 11.5 Å². The Hall–Kier alpha value is -1.26. The fourth-order valence-corrected chi connectivity index (χ4v) is 2.58. The molecule has 0 aliphatic heterocycles. The summed E-state index contributed by atoms with van der Waals surface area (Å²) >= 11 is 0. The number of carboxylic acid groups (broad SMARTS) is 1. The zero-order valence-electron chi connectivity index (χ0n) is 10.2. The molecule has 5 heteroatoms. The van der Waals surface area contributed by atoms with Crippen LogP contribution in [-0.2, 0) is 4.79 Å². The van der Waals surface area contributed by atoms with E-state index in [4.69, 9.17) is 0 Å². The quantitative estimate of drug-likeness (QED) is 0.699. The van der Waals surface area contributed by atoms with Gasteiger partial charge in [-0.2, -0.15) is 0 Å². The van der Waals surface area contributed by atoms with Gasteiger partial charge in [0.2, 0.25) is 0 Å². The van der Waals surface area contributed by atoms with E-state index in [2.05, 4.69) is 10.6 Å². The number of hydrogen-bond acceptors (Lipinski definition) is 2. The van der Waals surface area contributed by atoms with Crippen LogP contribution in [0.3, 0.4) is 0 Å². The summed E-state index contributed by atoms with van der Waals surface area (Å²) in [5.41, 5.74) is -1.06. The minimum absolute atomic E-state index is 0.252. The predicted octanol–water partition coefficient (Wildman–Crippen LogP) is 1.48. The van der Waals surface area contributed by atoms with Crippen LogP contribution in [0.1, 0.15) is 45.4 Å². The zero-order valence-corrected chi connectivity index (χ0v) is 10.2. The van der Waals surface area contributed by atoms with Gasteiger partial charge in [0.15, 0.2) is 0 Å². The SMILES string of the molecule is CC1CCCC(NC(=O)NC2CC2)(C(=O)O)C1. The third-order valence-electron chi connectivity index (χ3n) is 3.67. The molecular weight excluding hydrogens is 220 g/mol. The van der Waals surface area contributed by atoms with Crippen molar-refractivity contribution in [3.63, 3.8) is 0 Å². The maximum atomic E-state index is 11.7. The van der Waals surface area contributed by atoms with Gasteiger partial charge in [-0.05, 0) is 31.6 Å². The molecule has 3 N–H and O–H groups in total. The number of nitrogens with one attached hydrogen (secondary N) is 2. The first kappa shape index (κ1) is 12.2. The lowest BCUT2D eigenvalue weighted by molar-refractivity contribution is -0.146. The number of carbonyl (C=O) groups is 2. The second kappa shape index (κ2) is 4.55. The van der Waals surface area contributed by atoms with Crippen molar-refractivity contribution in [3.05, 3.63) is 0 Å². The third-order valence-corrected chi connectivity index (χ3v) is 3.67. The van der Waals surface area contributed by atoms with E-state index in [1.165, 1.54) is 0 Å². The van der Waals surface area contributed by atoms with E-state index in [0.717, 1.165) is 25.7 Å². The fraction of sp³-hybridized carbons (Fsp3) is 0.833. The average Bonchev–Trinajstić information content (AvgIpc) is 3.01. The second-order valence-corrected chi connectivity index (χ2v) is 5.46. The van der Waals surface area contributed by atoms with E-state index in [1.54, 1.807) is 0 Å². The molecular formula is C12H20N2O3. The summed E-state index contributed by atoms with van der Waals surface area (Å²) in [6, 6.07) is -0.0779. The van der Waals surface area contributed by atoms with Crippen molar-refractivity contribution in [2.75, 3.05) is 0 Å². The highest BCUT2D eigenvalue weighted by Crippen LogP contribution is 2.32. The van der Waals surface area contributed by atoms with Crippen molar-refractivity contribution in [2.24, 2.45) is 5.92 Å². The largest absolute Gasteiger partial charge is 0.480 e. The molecule has 2 unspecified atom stereocenters. The molecule has 5 nitrogen and oxygen atoms in total. The highest BCUT2D eigenvalue weighted by molar-refractivity contribution is 5.86. The summed E-state index contributed by atoms with van der Waals surface area (Å²) < 4.78 is 0. The molecule has 0 aromatic heterocycles. The molecule has 2 fully saturated rings.